The van der Waals surface area contributed by atoms with Crippen LogP contribution in [0.3, 0.4) is 0 Å². The molecule has 0 fully saturated rings. The van der Waals surface area contributed by atoms with Gasteiger partial charge < -0.3 is 15.4 Å². The summed E-state index contributed by atoms with van der Waals surface area (Å²) in [7, 11) is 0. The van der Waals surface area contributed by atoms with Crippen LogP contribution < -0.4 is 15.4 Å². The Hall–Kier alpha value is -3.34. The van der Waals surface area contributed by atoms with Gasteiger partial charge in [-0.3, -0.25) is 4.79 Å². The monoisotopic (exact) mass is 389 g/mol. The number of rotatable bonds is 9. The standard InChI is InChI=1S/C24H27N3O2/c1-3-19(4-2)24(28)27-21-12-15-23(25-16-21)26-20-10-13-22(14-11-20)29-17-18-8-6-5-7-9-18/h5-16,19H,3-4,17H2,1-2H3,(H,25,26)(H,27,28). The minimum Gasteiger partial charge on any atom is -0.489 e. The second-order valence-electron chi connectivity index (χ2n) is 6.86. The van der Waals surface area contributed by atoms with E-state index in [1.807, 2.05) is 80.6 Å². The van der Waals surface area contributed by atoms with Gasteiger partial charge in [-0.1, -0.05) is 44.2 Å². The minimum absolute atomic E-state index is 0.0374. The molecule has 1 amide bonds. The zero-order valence-corrected chi connectivity index (χ0v) is 16.9. The molecule has 0 unspecified atom stereocenters. The second kappa shape index (κ2) is 10.3. The third-order valence-corrected chi connectivity index (χ3v) is 4.76. The molecule has 1 heterocycles. The van der Waals surface area contributed by atoms with Gasteiger partial charge in [-0.15, -0.1) is 0 Å². The predicted octanol–water partition coefficient (Wildman–Crippen LogP) is 5.78. The first-order chi connectivity index (χ1) is 14.2. The van der Waals surface area contributed by atoms with Crippen molar-refractivity contribution < 1.29 is 9.53 Å². The van der Waals surface area contributed by atoms with E-state index in [0.717, 1.165) is 29.8 Å². The quantitative estimate of drug-likeness (QED) is 0.487. The maximum atomic E-state index is 12.2. The summed E-state index contributed by atoms with van der Waals surface area (Å²) >= 11 is 0. The van der Waals surface area contributed by atoms with Crippen molar-refractivity contribution in [2.24, 2.45) is 5.92 Å². The molecule has 3 aromatic rings. The molecule has 29 heavy (non-hydrogen) atoms. The number of aromatic nitrogens is 1. The Morgan fingerprint density at radius 2 is 1.62 bits per heavy atom. The van der Waals surface area contributed by atoms with E-state index in [0.29, 0.717) is 18.1 Å². The van der Waals surface area contributed by atoms with E-state index in [-0.39, 0.29) is 11.8 Å². The highest BCUT2D eigenvalue weighted by Gasteiger charge is 2.14. The number of carbonyl (C=O) groups is 1. The summed E-state index contributed by atoms with van der Waals surface area (Å²) in [5.41, 5.74) is 2.76. The summed E-state index contributed by atoms with van der Waals surface area (Å²) in [4.78, 5) is 16.5. The Labute approximate surface area is 172 Å². The largest absolute Gasteiger partial charge is 0.489 e. The molecular weight excluding hydrogens is 362 g/mol. The first-order valence-corrected chi connectivity index (χ1v) is 9.98. The summed E-state index contributed by atoms with van der Waals surface area (Å²) in [5, 5.41) is 6.18. The average Bonchev–Trinajstić information content (AvgIpc) is 2.76. The molecular formula is C24H27N3O2. The number of hydrogen-bond acceptors (Lipinski definition) is 4. The van der Waals surface area contributed by atoms with E-state index in [1.165, 1.54) is 0 Å². The predicted molar refractivity (Wildman–Crippen MR) is 117 cm³/mol. The average molecular weight is 389 g/mol. The van der Waals surface area contributed by atoms with Crippen LogP contribution in [-0.4, -0.2) is 10.9 Å². The van der Waals surface area contributed by atoms with Gasteiger partial charge in [-0.05, 0) is 54.8 Å². The highest BCUT2D eigenvalue weighted by Crippen LogP contribution is 2.21. The van der Waals surface area contributed by atoms with Crippen molar-refractivity contribution in [3.63, 3.8) is 0 Å². The summed E-state index contributed by atoms with van der Waals surface area (Å²) in [6, 6.07) is 21.5. The third kappa shape index (κ3) is 6.07. The number of hydrogen-bond donors (Lipinski definition) is 2. The highest BCUT2D eigenvalue weighted by molar-refractivity contribution is 5.92. The molecule has 0 bridgehead atoms. The van der Waals surface area contributed by atoms with Crippen LogP contribution in [-0.2, 0) is 11.4 Å². The molecule has 0 aliphatic rings. The van der Waals surface area contributed by atoms with Crippen LogP contribution >= 0.6 is 0 Å². The summed E-state index contributed by atoms with van der Waals surface area (Å²) < 4.78 is 5.80. The SMILES string of the molecule is CCC(CC)C(=O)Nc1ccc(Nc2ccc(OCc3ccccc3)cc2)nc1. The van der Waals surface area contributed by atoms with Gasteiger partial charge in [-0.2, -0.15) is 0 Å². The number of nitrogens with zero attached hydrogens (tertiary/aromatic N) is 1. The molecule has 0 aliphatic heterocycles. The lowest BCUT2D eigenvalue weighted by Crippen LogP contribution is -2.21. The fourth-order valence-electron chi connectivity index (χ4n) is 2.97. The van der Waals surface area contributed by atoms with Gasteiger partial charge in [0, 0.05) is 11.6 Å². The Kier molecular flexibility index (Phi) is 7.22. The van der Waals surface area contributed by atoms with Gasteiger partial charge in [-0.25, -0.2) is 4.98 Å². The van der Waals surface area contributed by atoms with Crippen LogP contribution in [0, 0.1) is 5.92 Å². The molecule has 1 aromatic heterocycles. The Morgan fingerprint density at radius 1 is 0.931 bits per heavy atom. The van der Waals surface area contributed by atoms with E-state index >= 15 is 0 Å². The van der Waals surface area contributed by atoms with Crippen molar-refractivity contribution in [1.29, 1.82) is 0 Å². The first-order valence-electron chi connectivity index (χ1n) is 9.98. The van der Waals surface area contributed by atoms with Crippen LogP contribution in [0.15, 0.2) is 72.9 Å². The number of ether oxygens (including phenoxy) is 1. The minimum atomic E-state index is 0.0374. The maximum Gasteiger partial charge on any atom is 0.227 e. The van der Waals surface area contributed by atoms with Gasteiger partial charge in [0.05, 0.1) is 11.9 Å². The lowest BCUT2D eigenvalue weighted by Gasteiger charge is -2.13. The van der Waals surface area contributed by atoms with E-state index in [4.69, 9.17) is 4.74 Å². The normalized spacial score (nSPS) is 10.6. The molecule has 5 nitrogen and oxygen atoms in total. The Bertz CT molecular complexity index is 890. The van der Waals surface area contributed by atoms with Gasteiger partial charge in [0.2, 0.25) is 5.91 Å². The number of pyridine rings is 1. The molecule has 0 saturated heterocycles. The van der Waals surface area contributed by atoms with Crippen LogP contribution in [0.5, 0.6) is 5.75 Å². The first kappa shape index (κ1) is 20.4. The van der Waals surface area contributed by atoms with Crippen molar-refractivity contribution in [2.75, 3.05) is 10.6 Å². The number of benzene rings is 2. The summed E-state index contributed by atoms with van der Waals surface area (Å²) in [6.07, 6.45) is 3.33. The molecule has 0 radical (unpaired) electrons. The number of nitrogens with one attached hydrogen (secondary N) is 2. The molecule has 0 spiro atoms. The highest BCUT2D eigenvalue weighted by atomic mass is 16.5. The smallest absolute Gasteiger partial charge is 0.227 e. The number of anilines is 3. The van der Waals surface area contributed by atoms with E-state index in [2.05, 4.69) is 15.6 Å². The molecule has 3 rings (SSSR count). The molecule has 2 aromatic carbocycles. The van der Waals surface area contributed by atoms with Crippen molar-refractivity contribution in [3.05, 3.63) is 78.5 Å². The summed E-state index contributed by atoms with van der Waals surface area (Å²) in [6.45, 7) is 4.59. The molecule has 0 atom stereocenters. The van der Waals surface area contributed by atoms with Gasteiger partial charge in [0.25, 0.3) is 0 Å². The van der Waals surface area contributed by atoms with Crippen molar-refractivity contribution >= 4 is 23.1 Å². The number of amides is 1. The molecule has 5 heteroatoms. The van der Waals surface area contributed by atoms with Crippen LogP contribution in [0.25, 0.3) is 0 Å². The zero-order chi connectivity index (χ0) is 20.5. The summed E-state index contributed by atoms with van der Waals surface area (Å²) in [5.74, 6) is 1.61. The van der Waals surface area contributed by atoms with Crippen molar-refractivity contribution in [2.45, 2.75) is 33.3 Å². The molecule has 0 aliphatic carbocycles. The lowest BCUT2D eigenvalue weighted by atomic mass is 10.0. The third-order valence-electron chi connectivity index (χ3n) is 4.76. The van der Waals surface area contributed by atoms with E-state index < -0.39 is 0 Å². The van der Waals surface area contributed by atoms with Crippen LogP contribution in [0.1, 0.15) is 32.3 Å². The van der Waals surface area contributed by atoms with Crippen LogP contribution in [0.2, 0.25) is 0 Å². The topological polar surface area (TPSA) is 63.2 Å². The Balaban J connectivity index is 1.52. The van der Waals surface area contributed by atoms with Gasteiger partial charge >= 0.3 is 0 Å². The fraction of sp³-hybridized carbons (Fsp3) is 0.250. The molecule has 0 saturated carbocycles. The van der Waals surface area contributed by atoms with Gasteiger partial charge in [0.1, 0.15) is 18.2 Å². The van der Waals surface area contributed by atoms with Crippen molar-refractivity contribution in [3.8, 4) is 5.75 Å². The van der Waals surface area contributed by atoms with Gasteiger partial charge in [0.15, 0.2) is 0 Å². The van der Waals surface area contributed by atoms with E-state index in [1.54, 1.807) is 6.20 Å². The lowest BCUT2D eigenvalue weighted by molar-refractivity contribution is -0.120. The Morgan fingerprint density at radius 3 is 2.24 bits per heavy atom. The molecule has 2 N–H and O–H groups in total. The molecule has 150 valence electrons. The van der Waals surface area contributed by atoms with E-state index in [9.17, 15) is 4.79 Å². The fourth-order valence-corrected chi connectivity index (χ4v) is 2.97. The maximum absolute atomic E-state index is 12.2. The number of carbonyl (C=O) groups excluding carboxylic acids is 1. The second-order valence-corrected chi connectivity index (χ2v) is 6.86. The van der Waals surface area contributed by atoms with Crippen molar-refractivity contribution in [1.82, 2.24) is 4.98 Å². The van der Waals surface area contributed by atoms with Crippen LogP contribution in [0.4, 0.5) is 17.2 Å². The zero-order valence-electron chi connectivity index (χ0n) is 16.9.